The fraction of sp³-hybridized carbons (Fsp3) is 0.333. The number of carbonyl (C=O) groups excluding carboxylic acids is 1. The predicted molar refractivity (Wildman–Crippen MR) is 73.7 cm³/mol. The van der Waals surface area contributed by atoms with Gasteiger partial charge in [-0.05, 0) is 18.1 Å². The molecule has 1 aromatic rings. The second-order valence-corrected chi connectivity index (χ2v) is 6.11. The van der Waals surface area contributed by atoms with Crippen molar-refractivity contribution in [3.63, 3.8) is 0 Å². The average Bonchev–Trinajstić information content (AvgIpc) is 2.34. The number of benzene rings is 1. The first kappa shape index (κ1) is 13.4. The Hall–Kier alpha value is -1.01. The van der Waals surface area contributed by atoms with E-state index < -0.39 is 12.0 Å². The third-order valence-electron chi connectivity index (χ3n) is 2.73. The average molecular weight is 330 g/mol. The van der Waals surface area contributed by atoms with Crippen molar-refractivity contribution in [1.29, 1.82) is 0 Å². The van der Waals surface area contributed by atoms with Gasteiger partial charge in [0, 0.05) is 10.2 Å². The molecule has 4 nitrogen and oxygen atoms in total. The first-order valence-corrected chi connectivity index (χ1v) is 7.30. The zero-order chi connectivity index (χ0) is 13.1. The van der Waals surface area contributed by atoms with Crippen LogP contribution < -0.4 is 5.32 Å². The molecule has 0 aliphatic carbocycles. The maximum absolute atomic E-state index is 11.8. The molecule has 6 heteroatoms. The van der Waals surface area contributed by atoms with Gasteiger partial charge in [-0.2, -0.15) is 0 Å². The molecule has 1 aliphatic rings. The lowest BCUT2D eigenvalue weighted by atomic mass is 10.1. The molecule has 1 aromatic carbocycles. The molecule has 1 saturated heterocycles. The lowest BCUT2D eigenvalue weighted by Gasteiger charge is -2.26. The smallest absolute Gasteiger partial charge is 0.327 e. The first-order valence-electron chi connectivity index (χ1n) is 5.46. The minimum absolute atomic E-state index is 0.200. The van der Waals surface area contributed by atoms with Gasteiger partial charge in [-0.25, -0.2) is 4.79 Å². The van der Waals surface area contributed by atoms with Crippen molar-refractivity contribution in [2.75, 3.05) is 5.75 Å². The summed E-state index contributed by atoms with van der Waals surface area (Å²) < 4.78 is 0.971. The normalized spacial score (nSPS) is 23.5. The highest BCUT2D eigenvalue weighted by Crippen LogP contribution is 2.25. The van der Waals surface area contributed by atoms with E-state index in [1.807, 2.05) is 24.3 Å². The van der Waals surface area contributed by atoms with Crippen LogP contribution in [0.2, 0.25) is 0 Å². The van der Waals surface area contributed by atoms with E-state index in [0.717, 1.165) is 10.0 Å². The second-order valence-electron chi connectivity index (χ2n) is 4.02. The van der Waals surface area contributed by atoms with Gasteiger partial charge in [-0.3, -0.25) is 4.79 Å². The minimum Gasteiger partial charge on any atom is -0.480 e. The Balaban J connectivity index is 2.02. The van der Waals surface area contributed by atoms with Gasteiger partial charge in [0.2, 0.25) is 5.91 Å². The van der Waals surface area contributed by atoms with Gasteiger partial charge >= 0.3 is 5.97 Å². The first-order chi connectivity index (χ1) is 8.58. The van der Waals surface area contributed by atoms with Crippen LogP contribution in [0.1, 0.15) is 5.56 Å². The van der Waals surface area contributed by atoms with Crippen LogP contribution in [0, 0.1) is 0 Å². The number of carboxylic acids is 1. The molecule has 1 aliphatic heterocycles. The molecule has 0 aromatic heterocycles. The third kappa shape index (κ3) is 3.05. The largest absolute Gasteiger partial charge is 0.480 e. The summed E-state index contributed by atoms with van der Waals surface area (Å²) in [5.41, 5.74) is 1.05. The van der Waals surface area contributed by atoms with Crippen LogP contribution >= 0.6 is 27.7 Å². The van der Waals surface area contributed by atoms with E-state index in [1.165, 1.54) is 11.8 Å². The molecule has 18 heavy (non-hydrogen) atoms. The number of hydrogen-bond donors (Lipinski definition) is 2. The number of aliphatic carboxylic acids is 1. The van der Waals surface area contributed by atoms with Crippen molar-refractivity contribution in [2.45, 2.75) is 17.7 Å². The van der Waals surface area contributed by atoms with Crippen LogP contribution in [-0.4, -0.2) is 34.0 Å². The summed E-state index contributed by atoms with van der Waals surface area (Å²) in [6.45, 7) is 0. The number of hydrogen-bond acceptors (Lipinski definition) is 3. The van der Waals surface area contributed by atoms with E-state index in [4.69, 9.17) is 5.11 Å². The lowest BCUT2D eigenvalue weighted by molar-refractivity contribution is -0.141. The fourth-order valence-electron chi connectivity index (χ4n) is 1.74. The van der Waals surface area contributed by atoms with Gasteiger partial charge in [0.15, 0.2) is 0 Å². The Morgan fingerprint density at radius 3 is 2.83 bits per heavy atom. The van der Waals surface area contributed by atoms with Crippen LogP contribution in [0.5, 0.6) is 0 Å². The summed E-state index contributed by atoms with van der Waals surface area (Å²) in [5.74, 6) is -0.763. The van der Waals surface area contributed by atoms with E-state index in [2.05, 4.69) is 21.2 Å². The van der Waals surface area contributed by atoms with Gasteiger partial charge in [0.05, 0.1) is 5.25 Å². The Bertz CT molecular complexity index is 480. The van der Waals surface area contributed by atoms with Crippen LogP contribution in [-0.2, 0) is 16.0 Å². The molecule has 0 radical (unpaired) electrons. The summed E-state index contributed by atoms with van der Waals surface area (Å²) in [5, 5.41) is 11.1. The summed E-state index contributed by atoms with van der Waals surface area (Å²) >= 11 is 4.84. The second kappa shape index (κ2) is 5.75. The van der Waals surface area contributed by atoms with E-state index in [-0.39, 0.29) is 11.2 Å². The summed E-state index contributed by atoms with van der Waals surface area (Å²) in [6.07, 6.45) is 0.601. The number of nitrogens with one attached hydrogen (secondary N) is 1. The third-order valence-corrected chi connectivity index (χ3v) is 4.82. The van der Waals surface area contributed by atoms with Crippen molar-refractivity contribution in [1.82, 2.24) is 5.32 Å². The number of carbonyl (C=O) groups is 2. The molecule has 0 unspecified atom stereocenters. The highest BCUT2D eigenvalue weighted by molar-refractivity contribution is 9.10. The zero-order valence-electron chi connectivity index (χ0n) is 9.43. The van der Waals surface area contributed by atoms with Crippen molar-refractivity contribution < 1.29 is 14.7 Å². The highest BCUT2D eigenvalue weighted by Gasteiger charge is 2.32. The summed E-state index contributed by atoms with van der Waals surface area (Å²) in [7, 11) is 0. The van der Waals surface area contributed by atoms with Crippen molar-refractivity contribution >= 4 is 39.6 Å². The maximum Gasteiger partial charge on any atom is 0.327 e. The van der Waals surface area contributed by atoms with E-state index in [0.29, 0.717) is 12.2 Å². The monoisotopic (exact) mass is 329 g/mol. The summed E-state index contributed by atoms with van der Waals surface area (Å²) in [4.78, 5) is 22.6. The molecule has 1 heterocycles. The van der Waals surface area contributed by atoms with Crippen molar-refractivity contribution in [2.24, 2.45) is 0 Å². The quantitative estimate of drug-likeness (QED) is 0.885. The lowest BCUT2D eigenvalue weighted by Crippen LogP contribution is -2.51. The molecular formula is C12H12BrNO3S. The predicted octanol–water partition coefficient (Wildman–Crippen LogP) is 1.68. The number of amides is 1. The molecule has 2 rings (SSSR count). The molecule has 96 valence electrons. The van der Waals surface area contributed by atoms with Gasteiger partial charge in [0.25, 0.3) is 0 Å². The minimum atomic E-state index is -0.977. The SMILES string of the molecule is O=C1N[C@@H](C(=O)O)CS[C@H]1Cc1ccccc1Br. The van der Waals surface area contributed by atoms with Crippen molar-refractivity contribution in [3.8, 4) is 0 Å². The van der Waals surface area contributed by atoms with Crippen LogP contribution in [0.25, 0.3) is 0 Å². The highest BCUT2D eigenvalue weighted by atomic mass is 79.9. The van der Waals surface area contributed by atoms with Gasteiger partial charge in [-0.1, -0.05) is 34.1 Å². The van der Waals surface area contributed by atoms with Crippen molar-refractivity contribution in [3.05, 3.63) is 34.3 Å². The van der Waals surface area contributed by atoms with Crippen LogP contribution in [0.4, 0.5) is 0 Å². The maximum atomic E-state index is 11.8. The zero-order valence-corrected chi connectivity index (χ0v) is 11.8. The molecule has 0 saturated carbocycles. The topological polar surface area (TPSA) is 66.4 Å². The number of carboxylic acid groups (broad SMARTS) is 1. The van der Waals surface area contributed by atoms with Crippen LogP contribution in [0.15, 0.2) is 28.7 Å². The van der Waals surface area contributed by atoms with Gasteiger partial charge in [-0.15, -0.1) is 11.8 Å². The fourth-order valence-corrected chi connectivity index (χ4v) is 3.36. The Morgan fingerprint density at radius 2 is 2.22 bits per heavy atom. The molecular weight excluding hydrogens is 318 g/mol. The molecule has 0 spiro atoms. The summed E-state index contributed by atoms with van der Waals surface area (Å²) in [6, 6.07) is 6.97. The number of halogens is 1. The number of thioether (sulfide) groups is 1. The van der Waals surface area contributed by atoms with Crippen LogP contribution in [0.3, 0.4) is 0 Å². The van der Waals surface area contributed by atoms with E-state index >= 15 is 0 Å². The molecule has 1 fully saturated rings. The van der Waals surface area contributed by atoms with E-state index in [9.17, 15) is 9.59 Å². The van der Waals surface area contributed by atoms with Gasteiger partial charge < -0.3 is 10.4 Å². The molecule has 1 amide bonds. The number of rotatable bonds is 3. The van der Waals surface area contributed by atoms with E-state index in [1.54, 1.807) is 0 Å². The molecule has 0 bridgehead atoms. The Labute approximate surface area is 117 Å². The Kier molecular flexibility index (Phi) is 4.29. The van der Waals surface area contributed by atoms with Gasteiger partial charge in [0.1, 0.15) is 6.04 Å². The Morgan fingerprint density at radius 1 is 1.50 bits per heavy atom. The standard InChI is InChI=1S/C12H12BrNO3S/c13-8-4-2-1-3-7(8)5-10-11(15)14-9(6-18-10)12(16)17/h1-4,9-10H,5-6H2,(H,14,15)(H,16,17)/t9-,10+/m1/s1. The molecule has 2 N–H and O–H groups in total. The molecule has 2 atom stereocenters.